The fraction of sp³-hybridized carbons (Fsp3) is 0.118. The van der Waals surface area contributed by atoms with Crippen molar-refractivity contribution in [3.8, 4) is 0 Å². The summed E-state index contributed by atoms with van der Waals surface area (Å²) in [5.41, 5.74) is 3.21. The molecule has 0 aromatic heterocycles. The largest absolute Gasteiger partial charge is 0.480 e. The SMILES string of the molecule is CO/C(O)=C(\C)N=C(c1ccccc1)c1ccccc1. The van der Waals surface area contributed by atoms with Crippen LogP contribution in [0.3, 0.4) is 0 Å². The molecule has 1 N–H and O–H groups in total. The molecular weight excluding hydrogens is 250 g/mol. The van der Waals surface area contributed by atoms with Crippen LogP contribution in [0.4, 0.5) is 0 Å². The smallest absolute Gasteiger partial charge is 0.298 e. The van der Waals surface area contributed by atoms with Gasteiger partial charge in [0.2, 0.25) is 0 Å². The second-order valence-electron chi connectivity index (χ2n) is 4.29. The van der Waals surface area contributed by atoms with Crippen LogP contribution in [0.5, 0.6) is 0 Å². The lowest BCUT2D eigenvalue weighted by atomic mass is 10.0. The van der Waals surface area contributed by atoms with Gasteiger partial charge in [-0.1, -0.05) is 60.7 Å². The van der Waals surface area contributed by atoms with E-state index in [1.807, 2.05) is 60.7 Å². The maximum atomic E-state index is 9.62. The van der Waals surface area contributed by atoms with Gasteiger partial charge in [0.1, 0.15) is 5.70 Å². The zero-order chi connectivity index (χ0) is 14.4. The molecule has 2 rings (SSSR count). The molecule has 20 heavy (non-hydrogen) atoms. The van der Waals surface area contributed by atoms with Gasteiger partial charge in [-0.2, -0.15) is 0 Å². The number of methoxy groups -OCH3 is 1. The number of hydrogen-bond acceptors (Lipinski definition) is 3. The molecule has 0 aliphatic carbocycles. The van der Waals surface area contributed by atoms with E-state index in [1.54, 1.807) is 6.92 Å². The molecule has 2 aromatic rings. The number of aliphatic hydroxyl groups is 1. The highest BCUT2D eigenvalue weighted by atomic mass is 16.6. The van der Waals surface area contributed by atoms with Crippen molar-refractivity contribution in [2.24, 2.45) is 4.99 Å². The second-order valence-corrected chi connectivity index (χ2v) is 4.29. The van der Waals surface area contributed by atoms with E-state index in [0.29, 0.717) is 5.70 Å². The van der Waals surface area contributed by atoms with Crippen LogP contribution < -0.4 is 0 Å². The Bertz CT molecular complexity index is 574. The Kier molecular flexibility index (Phi) is 4.56. The average Bonchev–Trinajstić information content (AvgIpc) is 2.53. The van der Waals surface area contributed by atoms with Crippen molar-refractivity contribution in [2.45, 2.75) is 6.92 Å². The number of benzene rings is 2. The van der Waals surface area contributed by atoms with Gasteiger partial charge in [-0.25, -0.2) is 4.99 Å². The summed E-state index contributed by atoms with van der Waals surface area (Å²) < 4.78 is 4.81. The van der Waals surface area contributed by atoms with Crippen molar-refractivity contribution in [3.05, 3.63) is 83.4 Å². The lowest BCUT2D eigenvalue weighted by molar-refractivity contribution is 0.131. The highest BCUT2D eigenvalue weighted by Gasteiger charge is 2.08. The van der Waals surface area contributed by atoms with Gasteiger partial charge in [0, 0.05) is 11.1 Å². The van der Waals surface area contributed by atoms with Gasteiger partial charge in [0.05, 0.1) is 12.8 Å². The van der Waals surface area contributed by atoms with Gasteiger partial charge in [0.15, 0.2) is 0 Å². The molecule has 0 aliphatic heterocycles. The van der Waals surface area contributed by atoms with Crippen LogP contribution in [0.2, 0.25) is 0 Å². The first-order chi connectivity index (χ1) is 9.72. The molecule has 0 spiro atoms. The van der Waals surface area contributed by atoms with Crippen molar-refractivity contribution in [1.82, 2.24) is 0 Å². The van der Waals surface area contributed by atoms with Crippen molar-refractivity contribution >= 4 is 5.71 Å². The molecule has 0 radical (unpaired) electrons. The van der Waals surface area contributed by atoms with Crippen molar-refractivity contribution in [2.75, 3.05) is 7.11 Å². The Morgan fingerprint density at radius 2 is 1.35 bits per heavy atom. The summed E-state index contributed by atoms with van der Waals surface area (Å²) in [7, 11) is 1.42. The Morgan fingerprint density at radius 3 is 1.75 bits per heavy atom. The number of aliphatic imine (C=N–C) groups is 1. The Hall–Kier alpha value is -2.55. The molecule has 0 bridgehead atoms. The van der Waals surface area contributed by atoms with Crippen molar-refractivity contribution < 1.29 is 9.84 Å². The first-order valence-electron chi connectivity index (χ1n) is 6.35. The van der Waals surface area contributed by atoms with E-state index in [0.717, 1.165) is 16.8 Å². The summed E-state index contributed by atoms with van der Waals surface area (Å²) in [6.07, 6.45) is 0. The molecule has 0 fully saturated rings. The molecule has 0 heterocycles. The van der Waals surface area contributed by atoms with Crippen LogP contribution in [0.25, 0.3) is 0 Å². The summed E-state index contributed by atoms with van der Waals surface area (Å²) in [6, 6.07) is 19.7. The van der Waals surface area contributed by atoms with Crippen LogP contribution in [-0.4, -0.2) is 17.9 Å². The molecule has 3 nitrogen and oxygen atoms in total. The predicted octanol–water partition coefficient (Wildman–Crippen LogP) is 3.92. The van der Waals surface area contributed by atoms with Gasteiger partial charge in [-0.3, -0.25) is 0 Å². The van der Waals surface area contributed by atoms with Crippen LogP contribution in [-0.2, 0) is 4.74 Å². The summed E-state index contributed by atoms with van der Waals surface area (Å²) in [5, 5.41) is 9.62. The van der Waals surface area contributed by atoms with Gasteiger partial charge in [-0.15, -0.1) is 0 Å². The van der Waals surface area contributed by atoms with Crippen LogP contribution in [0.1, 0.15) is 18.1 Å². The fourth-order valence-electron chi connectivity index (χ4n) is 1.85. The maximum Gasteiger partial charge on any atom is 0.298 e. The Morgan fingerprint density at radius 1 is 0.900 bits per heavy atom. The van der Waals surface area contributed by atoms with E-state index >= 15 is 0 Å². The minimum atomic E-state index is -0.172. The van der Waals surface area contributed by atoms with Crippen LogP contribution in [0.15, 0.2) is 77.3 Å². The number of rotatable bonds is 4. The number of hydrogen-bond donors (Lipinski definition) is 1. The zero-order valence-corrected chi connectivity index (χ0v) is 11.6. The average molecular weight is 267 g/mol. The summed E-state index contributed by atoms with van der Waals surface area (Å²) in [6.45, 7) is 1.71. The number of nitrogens with zero attached hydrogens (tertiary/aromatic N) is 1. The van der Waals surface area contributed by atoms with Gasteiger partial charge < -0.3 is 9.84 Å². The van der Waals surface area contributed by atoms with E-state index in [2.05, 4.69) is 4.99 Å². The highest BCUT2D eigenvalue weighted by molar-refractivity contribution is 6.13. The van der Waals surface area contributed by atoms with Crippen LogP contribution >= 0.6 is 0 Å². The lowest BCUT2D eigenvalue weighted by Crippen LogP contribution is -2.04. The van der Waals surface area contributed by atoms with Gasteiger partial charge >= 0.3 is 0 Å². The molecule has 0 unspecified atom stereocenters. The number of ether oxygens (including phenoxy) is 1. The first-order valence-corrected chi connectivity index (χ1v) is 6.35. The maximum absolute atomic E-state index is 9.62. The van der Waals surface area contributed by atoms with Crippen molar-refractivity contribution in [3.63, 3.8) is 0 Å². The molecule has 2 aromatic carbocycles. The highest BCUT2D eigenvalue weighted by Crippen LogP contribution is 2.14. The fourth-order valence-corrected chi connectivity index (χ4v) is 1.85. The molecular formula is C17H17NO2. The van der Waals surface area contributed by atoms with E-state index in [1.165, 1.54) is 7.11 Å². The quantitative estimate of drug-likeness (QED) is 0.674. The Labute approximate surface area is 118 Å². The summed E-state index contributed by atoms with van der Waals surface area (Å²) >= 11 is 0. The molecule has 0 saturated carbocycles. The number of allylic oxidation sites excluding steroid dienone is 1. The summed E-state index contributed by atoms with van der Waals surface area (Å²) in [4.78, 5) is 4.51. The standard InChI is InChI=1S/C17H17NO2/c1-13(17(19)20-2)18-16(14-9-5-3-6-10-14)15-11-7-4-8-12-15/h3-12,19H,1-2H3/b17-13+. The number of aliphatic hydroxyl groups excluding tert-OH is 1. The topological polar surface area (TPSA) is 41.8 Å². The minimum absolute atomic E-state index is 0.172. The third kappa shape index (κ3) is 3.26. The minimum Gasteiger partial charge on any atom is -0.480 e. The predicted molar refractivity (Wildman–Crippen MR) is 80.9 cm³/mol. The van der Waals surface area contributed by atoms with Gasteiger partial charge in [-0.05, 0) is 6.92 Å². The normalized spacial score (nSPS) is 11.5. The molecule has 102 valence electrons. The first kappa shape index (κ1) is 13.9. The monoisotopic (exact) mass is 267 g/mol. The molecule has 3 heteroatoms. The third-order valence-corrected chi connectivity index (χ3v) is 2.88. The summed E-state index contributed by atoms with van der Waals surface area (Å²) in [5.74, 6) is -0.172. The van der Waals surface area contributed by atoms with E-state index in [9.17, 15) is 5.11 Å². The zero-order valence-electron chi connectivity index (χ0n) is 11.6. The van der Waals surface area contributed by atoms with E-state index < -0.39 is 0 Å². The van der Waals surface area contributed by atoms with E-state index in [-0.39, 0.29) is 5.95 Å². The molecule has 0 aliphatic rings. The van der Waals surface area contributed by atoms with Crippen molar-refractivity contribution in [1.29, 1.82) is 0 Å². The lowest BCUT2D eigenvalue weighted by Gasteiger charge is -2.08. The van der Waals surface area contributed by atoms with Gasteiger partial charge in [0.25, 0.3) is 5.95 Å². The molecule has 0 saturated heterocycles. The second kappa shape index (κ2) is 6.57. The molecule has 0 atom stereocenters. The third-order valence-electron chi connectivity index (χ3n) is 2.88. The Balaban J connectivity index is 2.54. The van der Waals surface area contributed by atoms with E-state index in [4.69, 9.17) is 4.74 Å². The van der Waals surface area contributed by atoms with Crippen LogP contribution in [0, 0.1) is 0 Å². The molecule has 0 amide bonds.